The van der Waals surface area contributed by atoms with Crippen molar-refractivity contribution in [1.82, 2.24) is 15.2 Å². The van der Waals surface area contributed by atoms with Crippen molar-refractivity contribution in [2.45, 2.75) is 58.5 Å². The van der Waals surface area contributed by atoms with Gasteiger partial charge in [-0.15, -0.1) is 0 Å². The number of fused-ring (bicyclic) bond motifs is 2. The highest BCUT2D eigenvalue weighted by Gasteiger charge is 2.32. The van der Waals surface area contributed by atoms with E-state index in [2.05, 4.69) is 84.7 Å². The van der Waals surface area contributed by atoms with Crippen LogP contribution in [0, 0.1) is 0 Å². The van der Waals surface area contributed by atoms with Crippen molar-refractivity contribution in [3.8, 4) is 0 Å². The molecule has 1 atom stereocenters. The SMILES string of the molecule is C=C(NC1Cc2cccc(C(=C)C)c2CB1CC)c1ccc2c(c1)CN(Cc1cccnc1)C2. The molecule has 0 amide bonds. The Labute approximate surface area is 204 Å². The van der Waals surface area contributed by atoms with Crippen molar-refractivity contribution >= 4 is 18.0 Å². The molecule has 0 radical (unpaired) electrons. The molecule has 0 saturated carbocycles. The molecule has 5 rings (SSSR count). The minimum absolute atomic E-state index is 0.403. The summed E-state index contributed by atoms with van der Waals surface area (Å²) in [4.78, 5) is 6.74. The molecule has 0 fully saturated rings. The summed E-state index contributed by atoms with van der Waals surface area (Å²) in [6.07, 6.45) is 7.10. The zero-order valence-electron chi connectivity index (χ0n) is 20.5. The maximum absolute atomic E-state index is 4.45. The van der Waals surface area contributed by atoms with Crippen molar-refractivity contribution < 1.29 is 0 Å². The van der Waals surface area contributed by atoms with Crippen LogP contribution in [0.25, 0.3) is 11.3 Å². The molecule has 3 aromatic rings. The summed E-state index contributed by atoms with van der Waals surface area (Å²) in [7, 11) is 0. The molecule has 3 heterocycles. The third-order valence-corrected chi connectivity index (χ3v) is 7.56. The minimum Gasteiger partial charge on any atom is -0.389 e. The van der Waals surface area contributed by atoms with Crippen LogP contribution in [0.5, 0.6) is 0 Å². The number of hydrogen-bond donors (Lipinski definition) is 1. The highest BCUT2D eigenvalue weighted by atomic mass is 15.1. The maximum Gasteiger partial charge on any atom is 0.171 e. The van der Waals surface area contributed by atoms with E-state index in [1.807, 2.05) is 18.5 Å². The van der Waals surface area contributed by atoms with E-state index in [1.165, 1.54) is 44.5 Å². The molecule has 0 aliphatic carbocycles. The highest BCUT2D eigenvalue weighted by molar-refractivity contribution is 6.60. The molecule has 4 heteroatoms. The Kier molecular flexibility index (Phi) is 6.43. The molecule has 1 aromatic heterocycles. The predicted molar refractivity (Wildman–Crippen MR) is 144 cm³/mol. The van der Waals surface area contributed by atoms with E-state index in [1.54, 1.807) is 0 Å². The van der Waals surface area contributed by atoms with Crippen molar-refractivity contribution in [1.29, 1.82) is 0 Å². The standard InChI is InChI=1S/C30H34BN3/c1-5-31-16-29-25(9-6-10-28(29)21(2)3)15-30(31)33-22(4)24-11-12-26-19-34(20-27(26)14-24)18-23-8-7-13-32-17-23/h6-14,17,30,33H,2,4-5,15-16,18-20H2,1,3H3. The molecule has 1 N–H and O–H groups in total. The van der Waals surface area contributed by atoms with Crippen molar-refractivity contribution in [2.24, 2.45) is 0 Å². The largest absolute Gasteiger partial charge is 0.389 e. The van der Waals surface area contributed by atoms with Gasteiger partial charge >= 0.3 is 0 Å². The van der Waals surface area contributed by atoms with E-state index in [4.69, 9.17) is 0 Å². The van der Waals surface area contributed by atoms with Gasteiger partial charge in [-0.2, -0.15) is 0 Å². The van der Waals surface area contributed by atoms with Gasteiger partial charge in [0, 0.05) is 43.7 Å². The van der Waals surface area contributed by atoms with Gasteiger partial charge in [0.1, 0.15) is 0 Å². The first kappa shape index (κ1) is 22.7. The molecular weight excluding hydrogens is 413 g/mol. The van der Waals surface area contributed by atoms with Gasteiger partial charge in [-0.25, -0.2) is 0 Å². The number of pyridine rings is 1. The molecule has 34 heavy (non-hydrogen) atoms. The molecule has 1 unspecified atom stereocenters. The molecule has 172 valence electrons. The fourth-order valence-electron chi connectivity index (χ4n) is 5.69. The quantitative estimate of drug-likeness (QED) is 0.454. The van der Waals surface area contributed by atoms with Crippen LogP contribution in [0.15, 0.2) is 74.1 Å². The molecule has 2 aliphatic rings. The number of benzene rings is 2. The van der Waals surface area contributed by atoms with Gasteiger partial charge in [0.2, 0.25) is 0 Å². The summed E-state index contributed by atoms with van der Waals surface area (Å²) in [5.74, 6) is 0.403. The predicted octanol–water partition coefficient (Wildman–Crippen LogP) is 5.95. The lowest BCUT2D eigenvalue weighted by Crippen LogP contribution is -2.48. The minimum atomic E-state index is 0.403. The second-order valence-electron chi connectivity index (χ2n) is 10.0. The number of rotatable bonds is 7. The van der Waals surface area contributed by atoms with E-state index in [0.29, 0.717) is 12.7 Å². The molecule has 0 bridgehead atoms. The van der Waals surface area contributed by atoms with E-state index in [-0.39, 0.29) is 0 Å². The number of nitrogens with one attached hydrogen (secondary N) is 1. The van der Waals surface area contributed by atoms with Gasteiger partial charge in [-0.1, -0.05) is 68.4 Å². The molecule has 0 spiro atoms. The average molecular weight is 447 g/mol. The third kappa shape index (κ3) is 4.60. The van der Waals surface area contributed by atoms with Crippen molar-refractivity contribution in [3.63, 3.8) is 0 Å². The van der Waals surface area contributed by atoms with Gasteiger partial charge in [0.15, 0.2) is 6.71 Å². The van der Waals surface area contributed by atoms with Crippen LogP contribution in [0.1, 0.15) is 52.8 Å². The Morgan fingerprint density at radius 2 is 1.94 bits per heavy atom. The van der Waals surface area contributed by atoms with Crippen LogP contribution < -0.4 is 5.32 Å². The first-order valence-electron chi connectivity index (χ1n) is 12.5. The van der Waals surface area contributed by atoms with Crippen LogP contribution >= 0.6 is 0 Å². The van der Waals surface area contributed by atoms with Crippen LogP contribution in [0.4, 0.5) is 0 Å². The lowest BCUT2D eigenvalue weighted by atomic mass is 9.36. The van der Waals surface area contributed by atoms with Crippen LogP contribution in [-0.2, 0) is 32.4 Å². The maximum atomic E-state index is 4.45. The topological polar surface area (TPSA) is 28.2 Å². The Morgan fingerprint density at radius 1 is 1.09 bits per heavy atom. The van der Waals surface area contributed by atoms with Crippen LogP contribution in [0.3, 0.4) is 0 Å². The summed E-state index contributed by atoms with van der Waals surface area (Å²) < 4.78 is 0. The lowest BCUT2D eigenvalue weighted by molar-refractivity contribution is 0.275. The first-order valence-corrected chi connectivity index (χ1v) is 12.5. The fraction of sp³-hybridized carbons (Fsp3) is 0.300. The molecule has 2 aromatic carbocycles. The number of hydrogen-bond acceptors (Lipinski definition) is 3. The zero-order valence-corrected chi connectivity index (χ0v) is 20.5. The van der Waals surface area contributed by atoms with Gasteiger partial charge in [-0.05, 0) is 70.7 Å². The summed E-state index contributed by atoms with van der Waals surface area (Å²) in [5.41, 5.74) is 11.8. The Hall–Kier alpha value is -3.11. The van der Waals surface area contributed by atoms with Crippen molar-refractivity contribution in [3.05, 3.63) is 113 Å². The average Bonchev–Trinajstić information content (AvgIpc) is 3.25. The fourth-order valence-corrected chi connectivity index (χ4v) is 5.69. The second kappa shape index (κ2) is 9.64. The van der Waals surface area contributed by atoms with Crippen LogP contribution in [0.2, 0.25) is 6.32 Å². The van der Waals surface area contributed by atoms with Crippen LogP contribution in [-0.4, -0.2) is 22.5 Å². The summed E-state index contributed by atoms with van der Waals surface area (Å²) in [5, 5.41) is 3.83. The molecular formula is C30H34BN3. The molecule has 3 nitrogen and oxygen atoms in total. The number of nitrogens with zero attached hydrogens (tertiary/aromatic N) is 2. The van der Waals surface area contributed by atoms with Gasteiger partial charge in [0.05, 0.1) is 0 Å². The Morgan fingerprint density at radius 3 is 2.71 bits per heavy atom. The monoisotopic (exact) mass is 447 g/mol. The van der Waals surface area contributed by atoms with Gasteiger partial charge in [0.25, 0.3) is 0 Å². The Bertz CT molecular complexity index is 1220. The van der Waals surface area contributed by atoms with E-state index in [9.17, 15) is 0 Å². The highest BCUT2D eigenvalue weighted by Crippen LogP contribution is 2.31. The number of allylic oxidation sites excluding steroid dienone is 1. The third-order valence-electron chi connectivity index (χ3n) is 7.56. The second-order valence-corrected chi connectivity index (χ2v) is 10.0. The summed E-state index contributed by atoms with van der Waals surface area (Å²) in [6.45, 7) is 16.6. The number of aromatic nitrogens is 1. The summed E-state index contributed by atoms with van der Waals surface area (Å²) >= 11 is 0. The normalized spacial score (nSPS) is 17.2. The van der Waals surface area contributed by atoms with Gasteiger partial charge in [-0.3, -0.25) is 9.88 Å². The lowest BCUT2D eigenvalue weighted by Gasteiger charge is -2.34. The summed E-state index contributed by atoms with van der Waals surface area (Å²) in [6, 6.07) is 17.7. The van der Waals surface area contributed by atoms with E-state index >= 15 is 0 Å². The first-order chi connectivity index (χ1) is 16.5. The van der Waals surface area contributed by atoms with E-state index < -0.39 is 0 Å². The van der Waals surface area contributed by atoms with E-state index in [0.717, 1.165) is 44.4 Å². The Balaban J connectivity index is 1.28. The molecule has 2 aliphatic heterocycles. The van der Waals surface area contributed by atoms with Gasteiger partial charge < -0.3 is 5.32 Å². The van der Waals surface area contributed by atoms with Crippen molar-refractivity contribution in [2.75, 3.05) is 0 Å². The smallest absolute Gasteiger partial charge is 0.171 e. The molecule has 0 saturated heterocycles. The zero-order chi connectivity index (χ0) is 23.7.